The number of thioether (sulfide) groups is 1. The highest BCUT2D eigenvalue weighted by Gasteiger charge is 2.15. The maximum Gasteiger partial charge on any atom is 0.238 e. The lowest BCUT2D eigenvalue weighted by molar-refractivity contribution is -0.115. The average molecular weight is 296 g/mol. The van der Waals surface area contributed by atoms with E-state index in [0.717, 1.165) is 4.90 Å². The number of nitrogens with one attached hydrogen (secondary N) is 1. The van der Waals surface area contributed by atoms with Crippen molar-refractivity contribution in [1.29, 1.82) is 0 Å². The molecule has 1 aromatic carbocycles. The summed E-state index contributed by atoms with van der Waals surface area (Å²) in [5.41, 5.74) is 0. The first-order chi connectivity index (χ1) is 9.04. The topological polar surface area (TPSA) is 46.9 Å². The molecule has 2 aromatic rings. The second kappa shape index (κ2) is 6.12. The van der Waals surface area contributed by atoms with Gasteiger partial charge < -0.3 is 5.32 Å². The average Bonchev–Trinajstić information content (AvgIpc) is 2.77. The number of amides is 1. The predicted molar refractivity (Wildman–Crippen MR) is 78.6 cm³/mol. The van der Waals surface area contributed by atoms with Gasteiger partial charge in [0.1, 0.15) is 0 Å². The van der Waals surface area contributed by atoms with Crippen LogP contribution in [0.4, 0.5) is 5.82 Å². The number of hydrogen-bond donors (Lipinski definition) is 1. The molecule has 0 fully saturated rings. The fourth-order valence-corrected chi connectivity index (χ4v) is 2.47. The van der Waals surface area contributed by atoms with Gasteiger partial charge >= 0.3 is 0 Å². The number of rotatable bonds is 4. The van der Waals surface area contributed by atoms with Crippen LogP contribution in [-0.4, -0.2) is 20.9 Å². The van der Waals surface area contributed by atoms with Crippen LogP contribution in [0.3, 0.4) is 0 Å². The lowest BCUT2D eigenvalue weighted by Crippen LogP contribution is -2.22. The quantitative estimate of drug-likeness (QED) is 0.881. The number of carbonyl (C=O) groups excluding carboxylic acids is 1. The Labute approximate surface area is 121 Å². The molecule has 4 nitrogen and oxygen atoms in total. The van der Waals surface area contributed by atoms with Crippen molar-refractivity contribution in [2.24, 2.45) is 7.05 Å². The zero-order chi connectivity index (χ0) is 13.8. The highest BCUT2D eigenvalue weighted by atomic mass is 35.5. The van der Waals surface area contributed by atoms with E-state index in [9.17, 15) is 4.79 Å². The Balaban J connectivity index is 1.94. The number of carbonyl (C=O) groups is 1. The minimum absolute atomic E-state index is 0.0707. The lowest BCUT2D eigenvalue weighted by atomic mass is 10.4. The molecule has 0 unspecified atom stereocenters. The van der Waals surface area contributed by atoms with Crippen LogP contribution >= 0.6 is 23.4 Å². The van der Waals surface area contributed by atoms with Gasteiger partial charge in [0.2, 0.25) is 5.91 Å². The van der Waals surface area contributed by atoms with E-state index in [-0.39, 0.29) is 11.2 Å². The van der Waals surface area contributed by atoms with Crippen molar-refractivity contribution >= 4 is 35.1 Å². The SMILES string of the molecule is C[C@@H](Sc1ccc(Cl)cc1)C(=O)Nc1ccn(C)n1. The number of benzene rings is 1. The Kier molecular flexibility index (Phi) is 4.50. The van der Waals surface area contributed by atoms with Crippen LogP contribution < -0.4 is 5.32 Å². The van der Waals surface area contributed by atoms with E-state index in [1.165, 1.54) is 11.8 Å². The van der Waals surface area contributed by atoms with E-state index >= 15 is 0 Å². The summed E-state index contributed by atoms with van der Waals surface area (Å²) in [7, 11) is 1.81. The summed E-state index contributed by atoms with van der Waals surface area (Å²) in [5, 5.41) is 7.37. The van der Waals surface area contributed by atoms with Crippen LogP contribution in [0.15, 0.2) is 41.4 Å². The van der Waals surface area contributed by atoms with Gasteiger partial charge in [-0.1, -0.05) is 11.6 Å². The Morgan fingerprint density at radius 3 is 2.63 bits per heavy atom. The smallest absolute Gasteiger partial charge is 0.238 e. The summed E-state index contributed by atoms with van der Waals surface area (Å²) in [4.78, 5) is 13.0. The fraction of sp³-hybridized carbons (Fsp3) is 0.231. The summed E-state index contributed by atoms with van der Waals surface area (Å²) in [6, 6.07) is 9.19. The van der Waals surface area contributed by atoms with Crippen molar-refractivity contribution in [2.45, 2.75) is 17.1 Å². The molecule has 0 aliphatic carbocycles. The summed E-state index contributed by atoms with van der Waals surface area (Å²) in [5.74, 6) is 0.495. The second-order valence-corrected chi connectivity index (χ2v) is 5.93. The molecule has 6 heteroatoms. The molecular weight excluding hydrogens is 282 g/mol. The van der Waals surface area contributed by atoms with Crippen molar-refractivity contribution in [3.05, 3.63) is 41.6 Å². The van der Waals surface area contributed by atoms with E-state index < -0.39 is 0 Å². The molecule has 1 atom stereocenters. The van der Waals surface area contributed by atoms with Gasteiger partial charge in [-0.25, -0.2) is 0 Å². The molecule has 1 amide bonds. The van der Waals surface area contributed by atoms with E-state index in [2.05, 4.69) is 10.4 Å². The Morgan fingerprint density at radius 2 is 2.05 bits per heavy atom. The number of hydrogen-bond acceptors (Lipinski definition) is 3. The molecule has 0 spiro atoms. The molecule has 0 saturated heterocycles. The maximum atomic E-state index is 12.0. The third-order valence-electron chi connectivity index (χ3n) is 2.46. The summed E-state index contributed by atoms with van der Waals surface area (Å²) in [6.07, 6.45) is 1.78. The number of anilines is 1. The van der Waals surface area contributed by atoms with Crippen LogP contribution in [0.2, 0.25) is 5.02 Å². The summed E-state index contributed by atoms with van der Waals surface area (Å²) in [6.45, 7) is 1.86. The molecular formula is C13H14ClN3OS. The van der Waals surface area contributed by atoms with Gasteiger partial charge in [-0.05, 0) is 31.2 Å². The molecule has 0 radical (unpaired) electrons. The molecule has 2 rings (SSSR count). The molecule has 19 heavy (non-hydrogen) atoms. The monoisotopic (exact) mass is 295 g/mol. The zero-order valence-corrected chi connectivity index (χ0v) is 12.2. The van der Waals surface area contributed by atoms with Gasteiger partial charge in [-0.15, -0.1) is 11.8 Å². The number of aryl methyl sites for hydroxylation is 1. The van der Waals surface area contributed by atoms with Crippen molar-refractivity contribution in [1.82, 2.24) is 9.78 Å². The zero-order valence-electron chi connectivity index (χ0n) is 10.6. The molecule has 0 aliphatic heterocycles. The van der Waals surface area contributed by atoms with Gasteiger partial charge in [-0.2, -0.15) is 5.10 Å². The number of halogens is 1. The third kappa shape index (κ3) is 4.01. The minimum atomic E-state index is -0.205. The van der Waals surface area contributed by atoms with Crippen molar-refractivity contribution < 1.29 is 4.79 Å². The predicted octanol–water partition coefficient (Wildman–Crippen LogP) is 3.19. The van der Waals surface area contributed by atoms with E-state index in [0.29, 0.717) is 10.8 Å². The van der Waals surface area contributed by atoms with Crippen molar-refractivity contribution in [2.75, 3.05) is 5.32 Å². The largest absolute Gasteiger partial charge is 0.308 e. The van der Waals surface area contributed by atoms with Gasteiger partial charge in [0.25, 0.3) is 0 Å². The van der Waals surface area contributed by atoms with E-state index in [4.69, 9.17) is 11.6 Å². The standard InChI is InChI=1S/C13H14ClN3OS/c1-9(19-11-5-3-10(14)4-6-11)13(18)15-12-7-8-17(2)16-12/h3-9H,1-2H3,(H,15,16,18)/t9-/m1/s1. The lowest BCUT2D eigenvalue weighted by Gasteiger charge is -2.10. The highest BCUT2D eigenvalue weighted by molar-refractivity contribution is 8.00. The van der Waals surface area contributed by atoms with Gasteiger partial charge in [-0.3, -0.25) is 9.48 Å². The molecule has 0 aliphatic rings. The molecule has 0 saturated carbocycles. The van der Waals surface area contributed by atoms with Crippen LogP contribution in [0.25, 0.3) is 0 Å². The van der Waals surface area contributed by atoms with Gasteiger partial charge in [0, 0.05) is 29.2 Å². The Bertz CT molecular complexity index is 568. The molecule has 100 valence electrons. The van der Waals surface area contributed by atoms with E-state index in [1.807, 2.05) is 38.2 Å². The van der Waals surface area contributed by atoms with Crippen LogP contribution in [0.1, 0.15) is 6.92 Å². The van der Waals surface area contributed by atoms with Crippen LogP contribution in [0, 0.1) is 0 Å². The first kappa shape index (κ1) is 14.0. The van der Waals surface area contributed by atoms with Gasteiger partial charge in [0.15, 0.2) is 5.82 Å². The Hall–Kier alpha value is -1.46. The molecule has 0 bridgehead atoms. The fourth-order valence-electron chi connectivity index (χ4n) is 1.48. The molecule has 1 heterocycles. The summed E-state index contributed by atoms with van der Waals surface area (Å²) < 4.78 is 1.65. The third-order valence-corrected chi connectivity index (χ3v) is 3.82. The van der Waals surface area contributed by atoms with Gasteiger partial charge in [0.05, 0.1) is 5.25 Å². The van der Waals surface area contributed by atoms with Crippen LogP contribution in [-0.2, 0) is 11.8 Å². The first-order valence-corrected chi connectivity index (χ1v) is 7.03. The molecule has 1 aromatic heterocycles. The maximum absolute atomic E-state index is 12.0. The number of nitrogens with zero attached hydrogens (tertiary/aromatic N) is 2. The molecule has 1 N–H and O–H groups in total. The second-order valence-electron chi connectivity index (χ2n) is 4.08. The van der Waals surface area contributed by atoms with E-state index in [1.54, 1.807) is 16.9 Å². The van der Waals surface area contributed by atoms with Crippen molar-refractivity contribution in [3.63, 3.8) is 0 Å². The highest BCUT2D eigenvalue weighted by Crippen LogP contribution is 2.25. The van der Waals surface area contributed by atoms with Crippen molar-refractivity contribution in [3.8, 4) is 0 Å². The normalized spacial score (nSPS) is 12.2. The number of aromatic nitrogens is 2. The Morgan fingerprint density at radius 1 is 1.37 bits per heavy atom. The summed E-state index contributed by atoms with van der Waals surface area (Å²) >= 11 is 7.30. The van der Waals surface area contributed by atoms with Crippen LogP contribution in [0.5, 0.6) is 0 Å². The minimum Gasteiger partial charge on any atom is -0.308 e. The first-order valence-electron chi connectivity index (χ1n) is 5.77.